The van der Waals surface area contributed by atoms with Crippen molar-refractivity contribution in [2.24, 2.45) is 5.73 Å². The summed E-state index contributed by atoms with van der Waals surface area (Å²) in [7, 11) is 0. The molecule has 1 heterocycles. The molecular weight excluding hydrogens is 180 g/mol. The number of nitrogens with zero attached hydrogens (tertiary/aromatic N) is 1. The van der Waals surface area contributed by atoms with E-state index in [1.807, 2.05) is 0 Å². The molecule has 0 aliphatic rings. The number of hydrogen-bond acceptors (Lipinski definition) is 2. The second kappa shape index (κ2) is 2.99. The van der Waals surface area contributed by atoms with Gasteiger partial charge in [0.05, 0.1) is 5.52 Å². The van der Waals surface area contributed by atoms with Crippen molar-refractivity contribution >= 4 is 23.2 Å². The summed E-state index contributed by atoms with van der Waals surface area (Å²) in [5, 5.41) is 0.737. The van der Waals surface area contributed by atoms with Crippen molar-refractivity contribution in [3.05, 3.63) is 36.0 Å². The van der Waals surface area contributed by atoms with Crippen molar-refractivity contribution in [1.29, 1.82) is 0 Å². The predicted octanol–water partition coefficient (Wildman–Crippen LogP) is 1.38. The van der Waals surface area contributed by atoms with Crippen molar-refractivity contribution in [3.63, 3.8) is 0 Å². The zero-order valence-electron chi connectivity index (χ0n) is 7.31. The van der Waals surface area contributed by atoms with E-state index in [1.165, 1.54) is 10.8 Å². The summed E-state index contributed by atoms with van der Waals surface area (Å²) in [6.45, 7) is 0. The standard InChI is InChI=1S/C10H8N2O2/c11-10(14)12-5-7(6-13)8-3-1-2-4-9(8)12/h1-6H,(H2,11,14). The van der Waals surface area contributed by atoms with Gasteiger partial charge in [0.25, 0.3) is 0 Å². The monoisotopic (exact) mass is 188 g/mol. The first kappa shape index (κ1) is 8.50. The Labute approximate surface area is 79.9 Å². The van der Waals surface area contributed by atoms with Gasteiger partial charge in [-0.3, -0.25) is 9.36 Å². The van der Waals surface area contributed by atoms with Crippen LogP contribution < -0.4 is 5.73 Å². The number of rotatable bonds is 1. The van der Waals surface area contributed by atoms with Crippen LogP contribution in [-0.4, -0.2) is 16.9 Å². The lowest BCUT2D eigenvalue weighted by molar-refractivity contribution is 0.112. The largest absolute Gasteiger partial charge is 0.351 e. The average molecular weight is 188 g/mol. The Kier molecular flexibility index (Phi) is 1.81. The van der Waals surface area contributed by atoms with Gasteiger partial charge in [-0.15, -0.1) is 0 Å². The van der Waals surface area contributed by atoms with Crippen LogP contribution in [0.1, 0.15) is 10.4 Å². The van der Waals surface area contributed by atoms with Crippen LogP contribution in [0.4, 0.5) is 4.79 Å². The number of primary amides is 1. The molecule has 0 radical (unpaired) electrons. The van der Waals surface area contributed by atoms with Gasteiger partial charge in [-0.1, -0.05) is 18.2 Å². The molecule has 0 atom stereocenters. The first-order valence-corrected chi connectivity index (χ1v) is 4.09. The van der Waals surface area contributed by atoms with Gasteiger partial charge < -0.3 is 5.73 Å². The number of benzene rings is 1. The van der Waals surface area contributed by atoms with Crippen LogP contribution in [0, 0.1) is 0 Å². The molecule has 4 heteroatoms. The van der Waals surface area contributed by atoms with Gasteiger partial charge in [-0.25, -0.2) is 4.79 Å². The molecule has 0 bridgehead atoms. The van der Waals surface area contributed by atoms with Crippen LogP contribution in [0.5, 0.6) is 0 Å². The lowest BCUT2D eigenvalue weighted by Crippen LogP contribution is -2.18. The van der Waals surface area contributed by atoms with E-state index in [0.29, 0.717) is 17.4 Å². The highest BCUT2D eigenvalue weighted by Gasteiger charge is 2.09. The molecule has 0 aliphatic carbocycles. The average Bonchev–Trinajstić information content (AvgIpc) is 2.56. The molecule has 0 fully saturated rings. The SMILES string of the molecule is NC(=O)n1cc(C=O)c2ccccc21. The smallest absolute Gasteiger partial charge is 0.323 e. The van der Waals surface area contributed by atoms with Gasteiger partial charge in [0.2, 0.25) is 0 Å². The van der Waals surface area contributed by atoms with Crippen molar-refractivity contribution in [1.82, 2.24) is 4.57 Å². The Hall–Kier alpha value is -2.10. The van der Waals surface area contributed by atoms with Crippen LogP contribution in [0.25, 0.3) is 10.9 Å². The molecule has 1 amide bonds. The zero-order chi connectivity index (χ0) is 10.1. The molecule has 0 saturated heterocycles. The van der Waals surface area contributed by atoms with Crippen molar-refractivity contribution in [2.45, 2.75) is 0 Å². The van der Waals surface area contributed by atoms with Gasteiger partial charge in [0.15, 0.2) is 6.29 Å². The molecule has 0 spiro atoms. The minimum absolute atomic E-state index is 0.472. The molecule has 0 unspecified atom stereocenters. The summed E-state index contributed by atoms with van der Waals surface area (Å²) in [5.74, 6) is 0. The summed E-state index contributed by atoms with van der Waals surface area (Å²) in [5.41, 5.74) is 6.28. The highest BCUT2D eigenvalue weighted by molar-refractivity contribution is 6.01. The number of para-hydroxylation sites is 1. The lowest BCUT2D eigenvalue weighted by Gasteiger charge is -1.96. The fraction of sp³-hybridized carbons (Fsp3) is 0. The predicted molar refractivity (Wildman–Crippen MR) is 52.3 cm³/mol. The molecule has 2 aromatic rings. The van der Waals surface area contributed by atoms with Crippen molar-refractivity contribution < 1.29 is 9.59 Å². The van der Waals surface area contributed by atoms with Crippen LogP contribution in [-0.2, 0) is 0 Å². The highest BCUT2D eigenvalue weighted by Crippen LogP contribution is 2.18. The Morgan fingerprint density at radius 2 is 2.07 bits per heavy atom. The fourth-order valence-electron chi connectivity index (χ4n) is 1.48. The molecular formula is C10H8N2O2. The Balaban J connectivity index is 2.86. The van der Waals surface area contributed by atoms with Crippen molar-refractivity contribution in [2.75, 3.05) is 0 Å². The third kappa shape index (κ3) is 1.08. The van der Waals surface area contributed by atoms with E-state index in [1.54, 1.807) is 24.3 Å². The third-order valence-corrected chi connectivity index (χ3v) is 2.11. The molecule has 14 heavy (non-hydrogen) atoms. The normalized spacial score (nSPS) is 10.3. The molecule has 1 aromatic carbocycles. The van der Waals surface area contributed by atoms with E-state index in [9.17, 15) is 9.59 Å². The fourth-order valence-corrected chi connectivity index (χ4v) is 1.48. The maximum Gasteiger partial charge on any atom is 0.323 e. The maximum absolute atomic E-state index is 11.0. The summed E-state index contributed by atoms with van der Waals surface area (Å²) < 4.78 is 1.26. The molecule has 70 valence electrons. The molecule has 0 aliphatic heterocycles. The second-order valence-electron chi connectivity index (χ2n) is 2.93. The van der Waals surface area contributed by atoms with Gasteiger partial charge >= 0.3 is 6.03 Å². The summed E-state index contributed by atoms with van der Waals surface area (Å²) in [6, 6.07) is 6.53. The number of aldehydes is 1. The highest BCUT2D eigenvalue weighted by atomic mass is 16.2. The van der Waals surface area contributed by atoms with Gasteiger partial charge in [-0.05, 0) is 6.07 Å². The van der Waals surface area contributed by atoms with E-state index in [2.05, 4.69) is 0 Å². The van der Waals surface area contributed by atoms with E-state index < -0.39 is 6.03 Å². The summed E-state index contributed by atoms with van der Waals surface area (Å²) in [6.07, 6.45) is 2.15. The Bertz CT molecular complexity index is 514. The minimum Gasteiger partial charge on any atom is -0.351 e. The lowest BCUT2D eigenvalue weighted by atomic mass is 10.2. The number of aromatic nitrogens is 1. The molecule has 4 nitrogen and oxygen atoms in total. The number of amides is 1. The summed E-state index contributed by atoms with van der Waals surface area (Å²) in [4.78, 5) is 21.7. The van der Waals surface area contributed by atoms with E-state index >= 15 is 0 Å². The minimum atomic E-state index is -0.589. The van der Waals surface area contributed by atoms with Gasteiger partial charge in [-0.2, -0.15) is 0 Å². The van der Waals surface area contributed by atoms with Crippen molar-refractivity contribution in [3.8, 4) is 0 Å². The van der Waals surface area contributed by atoms with E-state index in [0.717, 1.165) is 5.39 Å². The Morgan fingerprint density at radius 3 is 2.71 bits per heavy atom. The van der Waals surface area contributed by atoms with E-state index in [-0.39, 0.29) is 0 Å². The third-order valence-electron chi connectivity index (χ3n) is 2.11. The first-order chi connectivity index (χ1) is 6.74. The van der Waals surface area contributed by atoms with Crippen LogP contribution in [0.15, 0.2) is 30.5 Å². The van der Waals surface area contributed by atoms with Gasteiger partial charge in [0.1, 0.15) is 0 Å². The van der Waals surface area contributed by atoms with Crippen LogP contribution >= 0.6 is 0 Å². The van der Waals surface area contributed by atoms with Crippen LogP contribution in [0.3, 0.4) is 0 Å². The molecule has 2 rings (SSSR count). The molecule has 1 aromatic heterocycles. The second-order valence-corrected chi connectivity index (χ2v) is 2.93. The summed E-state index contributed by atoms with van der Waals surface area (Å²) >= 11 is 0. The van der Waals surface area contributed by atoms with Gasteiger partial charge in [0, 0.05) is 17.1 Å². The molecule has 2 N–H and O–H groups in total. The Morgan fingerprint density at radius 1 is 1.36 bits per heavy atom. The first-order valence-electron chi connectivity index (χ1n) is 4.09. The number of fused-ring (bicyclic) bond motifs is 1. The maximum atomic E-state index is 11.0. The quantitative estimate of drug-likeness (QED) is 0.687. The zero-order valence-corrected chi connectivity index (χ0v) is 7.31. The van der Waals surface area contributed by atoms with E-state index in [4.69, 9.17) is 5.73 Å². The molecule has 0 saturated carbocycles. The number of carbonyl (C=O) groups excluding carboxylic acids is 2. The van der Waals surface area contributed by atoms with Crippen LogP contribution in [0.2, 0.25) is 0 Å². The number of hydrogen-bond donors (Lipinski definition) is 1. The topological polar surface area (TPSA) is 65.1 Å². The number of nitrogens with two attached hydrogens (primary N) is 1. The number of carbonyl (C=O) groups is 2.